The number of hydrogen-bond donors (Lipinski definition) is 3. The minimum atomic E-state index is -3.87. The second-order valence-corrected chi connectivity index (χ2v) is 8.11. The maximum absolute atomic E-state index is 10.4. The van der Waals surface area contributed by atoms with Crippen molar-refractivity contribution < 1.29 is 13.0 Å². The minimum Gasteiger partial charge on any atom is -0.316 e. The SMILES string of the molecule is O=S(=O)(O)SCCNCCCNC1CCCCC1. The molecular weight excluding hydrogens is 272 g/mol. The Bertz CT molecular complexity index is 303. The number of hydrogen-bond acceptors (Lipinski definition) is 5. The Morgan fingerprint density at radius 2 is 1.83 bits per heavy atom. The van der Waals surface area contributed by atoms with Gasteiger partial charge in [0.2, 0.25) is 0 Å². The van der Waals surface area contributed by atoms with Gasteiger partial charge >= 0.3 is 9.15 Å². The van der Waals surface area contributed by atoms with E-state index in [1.54, 1.807) is 0 Å². The average Bonchev–Trinajstić information content (AvgIpc) is 2.32. The zero-order valence-corrected chi connectivity index (χ0v) is 12.4. The fraction of sp³-hybridized carbons (Fsp3) is 1.00. The topological polar surface area (TPSA) is 78.4 Å². The summed E-state index contributed by atoms with van der Waals surface area (Å²) < 4.78 is 29.3. The van der Waals surface area contributed by atoms with Gasteiger partial charge in [0.15, 0.2) is 0 Å². The van der Waals surface area contributed by atoms with Crippen molar-refractivity contribution in [1.82, 2.24) is 10.6 Å². The molecule has 0 heterocycles. The summed E-state index contributed by atoms with van der Waals surface area (Å²) in [6.45, 7) is 2.50. The lowest BCUT2D eigenvalue weighted by molar-refractivity contribution is 0.371. The highest BCUT2D eigenvalue weighted by atomic mass is 33.1. The van der Waals surface area contributed by atoms with Crippen LogP contribution in [0.25, 0.3) is 0 Å². The predicted molar refractivity (Wildman–Crippen MR) is 76.4 cm³/mol. The molecule has 0 saturated heterocycles. The van der Waals surface area contributed by atoms with E-state index >= 15 is 0 Å². The predicted octanol–water partition coefficient (Wildman–Crippen LogP) is 1.42. The lowest BCUT2D eigenvalue weighted by atomic mass is 9.95. The molecule has 0 radical (unpaired) electrons. The Hall–Kier alpha value is 0.180. The van der Waals surface area contributed by atoms with E-state index in [0.29, 0.717) is 29.1 Å². The second-order valence-electron chi connectivity index (χ2n) is 4.64. The van der Waals surface area contributed by atoms with Crippen LogP contribution in [0.2, 0.25) is 0 Å². The average molecular weight is 296 g/mol. The van der Waals surface area contributed by atoms with Gasteiger partial charge in [-0.2, -0.15) is 8.42 Å². The maximum atomic E-state index is 10.4. The molecule has 3 N–H and O–H groups in total. The molecule has 1 aliphatic carbocycles. The quantitative estimate of drug-likeness (QED) is 0.339. The molecule has 0 unspecified atom stereocenters. The molecule has 0 spiro atoms. The van der Waals surface area contributed by atoms with Gasteiger partial charge in [-0.15, -0.1) is 0 Å². The monoisotopic (exact) mass is 296 g/mol. The highest BCUT2D eigenvalue weighted by molar-refractivity contribution is 8.69. The fourth-order valence-corrected chi connectivity index (χ4v) is 3.49. The summed E-state index contributed by atoms with van der Waals surface area (Å²) in [6.07, 6.45) is 7.74. The van der Waals surface area contributed by atoms with Crippen molar-refractivity contribution in [3.8, 4) is 0 Å². The first-order valence-corrected chi connectivity index (χ1v) is 9.58. The summed E-state index contributed by atoms with van der Waals surface area (Å²) in [5, 5.41) is 6.71. The van der Waals surface area contributed by atoms with Crippen LogP contribution in [0.5, 0.6) is 0 Å². The van der Waals surface area contributed by atoms with Gasteiger partial charge in [-0.3, -0.25) is 4.55 Å². The molecule has 7 heteroatoms. The van der Waals surface area contributed by atoms with Gasteiger partial charge in [0, 0.05) is 18.3 Å². The molecule has 0 amide bonds. The Balaban J connectivity index is 1.83. The molecular formula is C11H24N2O3S2. The van der Waals surface area contributed by atoms with E-state index in [4.69, 9.17) is 4.55 Å². The zero-order chi connectivity index (χ0) is 13.3. The van der Waals surface area contributed by atoms with Crippen LogP contribution in [0.3, 0.4) is 0 Å². The smallest absolute Gasteiger partial charge is 0.316 e. The molecule has 1 rings (SSSR count). The molecule has 0 aromatic carbocycles. The Kier molecular flexibility index (Phi) is 8.25. The third-order valence-electron chi connectivity index (χ3n) is 3.08. The Labute approximate surface area is 114 Å². The Morgan fingerprint density at radius 1 is 1.11 bits per heavy atom. The zero-order valence-electron chi connectivity index (χ0n) is 10.7. The lowest BCUT2D eigenvalue weighted by Gasteiger charge is -2.22. The van der Waals surface area contributed by atoms with Crippen LogP contribution < -0.4 is 10.6 Å². The molecule has 0 aliphatic heterocycles. The van der Waals surface area contributed by atoms with Gasteiger partial charge in [0.05, 0.1) is 0 Å². The summed E-state index contributed by atoms with van der Waals surface area (Å²) in [5.41, 5.74) is 0. The summed E-state index contributed by atoms with van der Waals surface area (Å²) in [4.78, 5) is 0. The van der Waals surface area contributed by atoms with Gasteiger partial charge in [0.1, 0.15) is 0 Å². The first-order chi connectivity index (χ1) is 8.58. The van der Waals surface area contributed by atoms with Gasteiger partial charge in [-0.1, -0.05) is 19.3 Å². The van der Waals surface area contributed by atoms with E-state index in [2.05, 4.69) is 10.6 Å². The van der Waals surface area contributed by atoms with Crippen LogP contribution in [0.1, 0.15) is 38.5 Å². The van der Waals surface area contributed by atoms with Crippen molar-refractivity contribution in [3.63, 3.8) is 0 Å². The van der Waals surface area contributed by atoms with Gasteiger partial charge in [0.25, 0.3) is 0 Å². The normalized spacial score (nSPS) is 18.1. The molecule has 1 saturated carbocycles. The minimum absolute atomic E-state index is 0.384. The largest absolute Gasteiger partial charge is 0.319 e. The van der Waals surface area contributed by atoms with Crippen molar-refractivity contribution in [1.29, 1.82) is 0 Å². The van der Waals surface area contributed by atoms with E-state index in [0.717, 1.165) is 19.5 Å². The summed E-state index contributed by atoms with van der Waals surface area (Å²) in [7, 11) is -3.30. The number of rotatable bonds is 9. The van der Waals surface area contributed by atoms with E-state index < -0.39 is 9.15 Å². The van der Waals surface area contributed by atoms with Gasteiger partial charge in [-0.25, -0.2) is 0 Å². The van der Waals surface area contributed by atoms with Crippen molar-refractivity contribution in [3.05, 3.63) is 0 Å². The highest BCUT2D eigenvalue weighted by Crippen LogP contribution is 2.17. The van der Waals surface area contributed by atoms with Crippen LogP contribution >= 0.6 is 10.8 Å². The molecule has 5 nitrogen and oxygen atoms in total. The molecule has 0 atom stereocenters. The first-order valence-electron chi connectivity index (χ1n) is 6.64. The van der Waals surface area contributed by atoms with E-state index in [9.17, 15) is 8.42 Å². The van der Waals surface area contributed by atoms with E-state index in [-0.39, 0.29) is 0 Å². The molecule has 1 aliphatic rings. The summed E-state index contributed by atoms with van der Waals surface area (Å²) in [6, 6.07) is 0.703. The maximum Gasteiger partial charge on any atom is 0.319 e. The van der Waals surface area contributed by atoms with Crippen LogP contribution in [-0.4, -0.2) is 44.4 Å². The van der Waals surface area contributed by atoms with Crippen molar-refractivity contribution in [2.75, 3.05) is 25.4 Å². The Morgan fingerprint density at radius 3 is 2.50 bits per heavy atom. The standard InChI is InChI=1S/C11H24N2O3S2/c14-18(15,16)17-10-9-12-7-4-8-13-11-5-2-1-3-6-11/h11-13H,1-10H2,(H,14,15,16). The van der Waals surface area contributed by atoms with Gasteiger partial charge < -0.3 is 10.6 Å². The molecule has 0 aromatic rings. The van der Waals surface area contributed by atoms with Crippen molar-refractivity contribution in [2.24, 2.45) is 0 Å². The number of nitrogens with one attached hydrogen (secondary N) is 2. The third-order valence-corrected chi connectivity index (χ3v) is 5.14. The molecule has 108 valence electrons. The van der Waals surface area contributed by atoms with Crippen LogP contribution in [0, 0.1) is 0 Å². The second kappa shape index (κ2) is 9.14. The van der Waals surface area contributed by atoms with Crippen LogP contribution in [-0.2, 0) is 9.15 Å². The molecule has 1 fully saturated rings. The summed E-state index contributed by atoms with van der Waals surface area (Å²) in [5.74, 6) is 0.384. The highest BCUT2D eigenvalue weighted by Gasteiger charge is 2.11. The van der Waals surface area contributed by atoms with Crippen molar-refractivity contribution in [2.45, 2.75) is 44.6 Å². The molecule has 0 aromatic heterocycles. The molecule has 18 heavy (non-hydrogen) atoms. The van der Waals surface area contributed by atoms with E-state index in [1.165, 1.54) is 32.1 Å². The van der Waals surface area contributed by atoms with Crippen molar-refractivity contribution >= 4 is 19.9 Å². The van der Waals surface area contributed by atoms with Crippen LogP contribution in [0.15, 0.2) is 0 Å². The first kappa shape index (κ1) is 16.2. The van der Waals surface area contributed by atoms with Gasteiger partial charge in [-0.05, 0) is 43.1 Å². The lowest BCUT2D eigenvalue weighted by Crippen LogP contribution is -2.33. The molecule has 0 bridgehead atoms. The fourth-order valence-electron chi connectivity index (χ4n) is 2.17. The van der Waals surface area contributed by atoms with E-state index in [1.807, 2.05) is 0 Å². The third kappa shape index (κ3) is 9.16. The van der Waals surface area contributed by atoms with Crippen LogP contribution in [0.4, 0.5) is 0 Å². The summed E-state index contributed by atoms with van der Waals surface area (Å²) >= 11 is 0.